The van der Waals surface area contributed by atoms with Crippen LogP contribution in [0.5, 0.6) is 0 Å². The van der Waals surface area contributed by atoms with E-state index in [1.165, 1.54) is 0 Å². The summed E-state index contributed by atoms with van der Waals surface area (Å²) in [7, 11) is 0. The van der Waals surface area contributed by atoms with Gasteiger partial charge in [-0.3, -0.25) is 0 Å². The van der Waals surface area contributed by atoms with Crippen LogP contribution in [0.3, 0.4) is 0 Å². The highest BCUT2D eigenvalue weighted by molar-refractivity contribution is 7.12. The van der Waals surface area contributed by atoms with Gasteiger partial charge >= 0.3 is 12.4 Å². The van der Waals surface area contributed by atoms with Crippen molar-refractivity contribution in [3.63, 3.8) is 0 Å². The van der Waals surface area contributed by atoms with E-state index in [-0.39, 0.29) is 5.01 Å². The summed E-state index contributed by atoms with van der Waals surface area (Å²) in [6, 6.07) is 1.93. The maximum atomic E-state index is 12.8. The lowest BCUT2D eigenvalue weighted by atomic mass is 10.0. The molecule has 0 aliphatic rings. The van der Waals surface area contributed by atoms with Crippen LogP contribution in [0.15, 0.2) is 24.4 Å². The lowest BCUT2D eigenvalue weighted by molar-refractivity contribution is -0.142. The molecule has 0 spiro atoms. The fourth-order valence-electron chi connectivity index (χ4n) is 1.56. The van der Waals surface area contributed by atoms with E-state index in [9.17, 15) is 26.3 Å². The zero-order valence-corrected chi connectivity index (χ0v) is 9.75. The topological polar surface area (TPSA) is 12.9 Å². The summed E-state index contributed by atoms with van der Waals surface area (Å²) >= 11 is 0.600. The number of hydrogen-bond donors (Lipinski definition) is 0. The van der Waals surface area contributed by atoms with Gasteiger partial charge in [-0.15, -0.1) is 11.3 Å². The van der Waals surface area contributed by atoms with Gasteiger partial charge in [-0.2, -0.15) is 26.3 Å². The lowest BCUT2D eigenvalue weighted by Gasteiger charge is -2.16. The summed E-state index contributed by atoms with van der Waals surface area (Å²) in [6.45, 7) is 0. The molecule has 0 fully saturated rings. The number of nitrogens with zero attached hydrogens (tertiary/aromatic N) is 1. The van der Waals surface area contributed by atoms with Gasteiger partial charge in [0.25, 0.3) is 0 Å². The molecular formula is C11H4F6NS. The maximum Gasteiger partial charge on any atom is 0.417 e. The molecule has 1 aromatic carbocycles. The predicted molar refractivity (Wildman–Crippen MR) is 56.4 cm³/mol. The third-order valence-corrected chi connectivity index (χ3v) is 3.01. The Kier molecular flexibility index (Phi) is 3.29. The van der Waals surface area contributed by atoms with Gasteiger partial charge in [0.05, 0.1) is 16.5 Å². The molecule has 0 N–H and O–H groups in total. The zero-order chi connectivity index (χ0) is 14.3. The van der Waals surface area contributed by atoms with Crippen molar-refractivity contribution >= 4 is 11.3 Å². The van der Waals surface area contributed by atoms with Crippen LogP contribution >= 0.6 is 11.3 Å². The molecule has 1 radical (unpaired) electrons. The SMILES string of the molecule is FC(F)(F)c1cccc(C(F)(F)F)c1-c1nc[c]s1. The first kappa shape index (κ1) is 13.9. The molecule has 0 aliphatic carbocycles. The smallest absolute Gasteiger partial charge is 0.244 e. The van der Waals surface area contributed by atoms with Crippen LogP contribution in [0.4, 0.5) is 26.3 Å². The Labute approximate surface area is 107 Å². The number of aromatic nitrogens is 1. The zero-order valence-electron chi connectivity index (χ0n) is 8.93. The molecule has 0 bridgehead atoms. The number of halogens is 6. The summed E-state index contributed by atoms with van der Waals surface area (Å²) in [4.78, 5) is 3.50. The number of benzene rings is 1. The molecule has 1 aromatic heterocycles. The van der Waals surface area contributed by atoms with Gasteiger partial charge in [0.1, 0.15) is 5.01 Å². The molecule has 2 rings (SSSR count). The minimum absolute atomic E-state index is 0.361. The standard InChI is InChI=1S/C11H4F6NS/c12-10(13,14)6-2-1-3-7(11(15,16)17)8(6)9-18-4-5-19-9/h1-4H. The van der Waals surface area contributed by atoms with Gasteiger partial charge in [-0.25, -0.2) is 4.98 Å². The highest BCUT2D eigenvalue weighted by Gasteiger charge is 2.41. The van der Waals surface area contributed by atoms with E-state index in [1.807, 2.05) is 0 Å². The monoisotopic (exact) mass is 296 g/mol. The molecule has 2 aromatic rings. The fourth-order valence-corrected chi connectivity index (χ4v) is 2.21. The Morgan fingerprint density at radius 3 is 1.84 bits per heavy atom. The van der Waals surface area contributed by atoms with E-state index >= 15 is 0 Å². The van der Waals surface area contributed by atoms with Crippen LogP contribution < -0.4 is 0 Å². The second-order valence-corrected chi connectivity index (χ2v) is 4.33. The summed E-state index contributed by atoms with van der Waals surface area (Å²) < 4.78 is 76.8. The van der Waals surface area contributed by atoms with E-state index in [0.717, 1.165) is 12.3 Å². The van der Waals surface area contributed by atoms with Gasteiger partial charge < -0.3 is 0 Å². The van der Waals surface area contributed by atoms with Gasteiger partial charge in [-0.1, -0.05) is 6.07 Å². The third kappa shape index (κ3) is 2.73. The Balaban J connectivity index is 2.78. The first-order chi connectivity index (χ1) is 8.71. The Morgan fingerprint density at radius 1 is 0.947 bits per heavy atom. The summed E-state index contributed by atoms with van der Waals surface area (Å²) in [5.41, 5.74) is -3.66. The number of hydrogen-bond acceptors (Lipinski definition) is 2. The van der Waals surface area contributed by atoms with Crippen LogP contribution in [0.25, 0.3) is 10.6 Å². The van der Waals surface area contributed by atoms with Gasteiger partial charge in [0.2, 0.25) is 0 Å². The van der Waals surface area contributed by atoms with E-state index in [2.05, 4.69) is 10.4 Å². The number of thiazole rings is 1. The molecule has 0 saturated heterocycles. The molecule has 0 amide bonds. The van der Waals surface area contributed by atoms with Crippen molar-refractivity contribution in [3.8, 4) is 10.6 Å². The van der Waals surface area contributed by atoms with Crippen molar-refractivity contribution in [3.05, 3.63) is 40.9 Å². The molecule has 8 heteroatoms. The molecule has 0 atom stereocenters. The van der Waals surface area contributed by atoms with Crippen LogP contribution in [-0.4, -0.2) is 4.98 Å². The highest BCUT2D eigenvalue weighted by atomic mass is 32.1. The average Bonchev–Trinajstić information content (AvgIpc) is 2.78. The molecule has 0 saturated carbocycles. The van der Waals surface area contributed by atoms with Crippen molar-refractivity contribution < 1.29 is 26.3 Å². The molecule has 1 heterocycles. The summed E-state index contributed by atoms with van der Waals surface area (Å²) in [6.07, 6.45) is -8.74. The molecule has 0 aliphatic heterocycles. The Hall–Kier alpha value is -1.57. The molecule has 101 valence electrons. The van der Waals surface area contributed by atoms with Crippen LogP contribution in [0, 0.1) is 5.38 Å². The highest BCUT2D eigenvalue weighted by Crippen LogP contribution is 2.44. The molecule has 1 nitrogen and oxygen atoms in total. The second-order valence-electron chi connectivity index (χ2n) is 3.51. The predicted octanol–water partition coefficient (Wildman–Crippen LogP) is 4.65. The molecule has 0 unspecified atom stereocenters. The van der Waals surface area contributed by atoms with Crippen molar-refractivity contribution in [1.29, 1.82) is 0 Å². The first-order valence-corrected chi connectivity index (χ1v) is 5.62. The van der Waals surface area contributed by atoms with Crippen molar-refractivity contribution in [2.24, 2.45) is 0 Å². The lowest BCUT2D eigenvalue weighted by Crippen LogP contribution is -2.14. The van der Waals surface area contributed by atoms with Gasteiger partial charge in [0, 0.05) is 11.8 Å². The Bertz CT molecular complexity index is 538. The quantitative estimate of drug-likeness (QED) is 0.698. The Morgan fingerprint density at radius 2 is 1.47 bits per heavy atom. The average molecular weight is 296 g/mol. The van der Waals surface area contributed by atoms with E-state index in [0.29, 0.717) is 23.5 Å². The van der Waals surface area contributed by atoms with Crippen molar-refractivity contribution in [2.75, 3.05) is 0 Å². The minimum Gasteiger partial charge on any atom is -0.244 e. The van der Waals surface area contributed by atoms with Gasteiger partial charge in [0.15, 0.2) is 0 Å². The van der Waals surface area contributed by atoms with Crippen molar-refractivity contribution in [1.82, 2.24) is 4.98 Å². The first-order valence-electron chi connectivity index (χ1n) is 4.81. The van der Waals surface area contributed by atoms with E-state index < -0.39 is 29.0 Å². The minimum atomic E-state index is -4.89. The maximum absolute atomic E-state index is 12.8. The van der Waals surface area contributed by atoms with E-state index in [1.54, 1.807) is 0 Å². The van der Waals surface area contributed by atoms with Crippen LogP contribution in [0.1, 0.15) is 11.1 Å². The summed E-state index contributed by atoms with van der Waals surface area (Å²) in [5.74, 6) is 0. The normalized spacial score (nSPS) is 12.7. The third-order valence-electron chi connectivity index (χ3n) is 2.28. The van der Waals surface area contributed by atoms with Crippen LogP contribution in [-0.2, 0) is 12.4 Å². The summed E-state index contributed by atoms with van der Waals surface area (Å²) in [5, 5.41) is 2.02. The largest absolute Gasteiger partial charge is 0.417 e. The molecule has 19 heavy (non-hydrogen) atoms. The van der Waals surface area contributed by atoms with Crippen LogP contribution in [0.2, 0.25) is 0 Å². The second kappa shape index (κ2) is 4.52. The molecular weight excluding hydrogens is 292 g/mol. The van der Waals surface area contributed by atoms with E-state index in [4.69, 9.17) is 0 Å². The number of rotatable bonds is 1. The van der Waals surface area contributed by atoms with Gasteiger partial charge in [-0.05, 0) is 12.1 Å². The number of alkyl halides is 6. The van der Waals surface area contributed by atoms with Crippen molar-refractivity contribution in [2.45, 2.75) is 12.4 Å². The fraction of sp³-hybridized carbons (Fsp3) is 0.182.